The van der Waals surface area contributed by atoms with Gasteiger partial charge >= 0.3 is 5.97 Å². The number of unbranched alkanes of at least 4 members (excludes halogenated alkanes) is 1. The first-order valence-electron chi connectivity index (χ1n) is 9.76. The fourth-order valence-electron chi connectivity index (χ4n) is 2.59. The Labute approximate surface area is 172 Å². The van der Waals surface area contributed by atoms with Gasteiger partial charge in [0.2, 0.25) is 0 Å². The van der Waals surface area contributed by atoms with E-state index in [0.29, 0.717) is 11.3 Å². The first-order chi connectivity index (χ1) is 13.7. The minimum absolute atomic E-state index is 0.0500. The van der Waals surface area contributed by atoms with Gasteiger partial charge in [0.25, 0.3) is 5.91 Å². The predicted molar refractivity (Wildman–Crippen MR) is 118 cm³/mol. The Kier molecular flexibility index (Phi) is 7.44. The molecule has 0 spiro atoms. The highest BCUT2D eigenvalue weighted by atomic mass is 16.4. The summed E-state index contributed by atoms with van der Waals surface area (Å²) in [4.78, 5) is 24.3. The van der Waals surface area contributed by atoms with Crippen molar-refractivity contribution in [2.75, 3.05) is 17.2 Å². The summed E-state index contributed by atoms with van der Waals surface area (Å²) in [6.45, 7) is 8.97. The number of aromatic carboxylic acids is 1. The van der Waals surface area contributed by atoms with E-state index < -0.39 is 5.97 Å². The molecule has 0 aliphatic carbocycles. The van der Waals surface area contributed by atoms with Gasteiger partial charge in [-0.2, -0.15) is 0 Å². The number of nitrogens with one attached hydrogen (secondary N) is 2. The van der Waals surface area contributed by atoms with Gasteiger partial charge in [-0.05, 0) is 57.5 Å². The lowest BCUT2D eigenvalue weighted by molar-refractivity contribution is 0.0698. The van der Waals surface area contributed by atoms with E-state index in [1.807, 2.05) is 32.9 Å². The van der Waals surface area contributed by atoms with Crippen molar-refractivity contribution in [2.24, 2.45) is 5.41 Å². The molecule has 0 aromatic heterocycles. The normalized spacial score (nSPS) is 10.6. The van der Waals surface area contributed by atoms with Gasteiger partial charge in [-0.15, -0.1) is 0 Å². The number of carbonyl (C=O) groups is 2. The molecule has 0 unspecified atom stereocenters. The van der Waals surface area contributed by atoms with Crippen molar-refractivity contribution in [2.45, 2.75) is 40.5 Å². The molecule has 5 nitrogen and oxygen atoms in total. The Morgan fingerprint density at radius 2 is 1.76 bits per heavy atom. The molecule has 0 aliphatic heterocycles. The monoisotopic (exact) mass is 392 g/mol. The standard InChI is InChI=1S/C24H28N2O3/c1-5-6-15-25-21-16-17(13-14-24(2,3)4)11-12-18(21)22(27)26-20-10-8-7-9-19(20)23(28)29/h7-12,16,25H,5-6,15H2,1-4H3,(H,26,27)(H,28,29). The summed E-state index contributed by atoms with van der Waals surface area (Å²) in [5, 5.41) is 15.4. The van der Waals surface area contributed by atoms with Gasteiger partial charge in [-0.25, -0.2) is 4.79 Å². The van der Waals surface area contributed by atoms with E-state index in [4.69, 9.17) is 0 Å². The highest BCUT2D eigenvalue weighted by molar-refractivity contribution is 6.10. The molecule has 29 heavy (non-hydrogen) atoms. The van der Waals surface area contributed by atoms with Crippen LogP contribution in [0.2, 0.25) is 0 Å². The van der Waals surface area contributed by atoms with Crippen LogP contribution in [0, 0.1) is 17.3 Å². The van der Waals surface area contributed by atoms with Gasteiger partial charge in [-0.1, -0.05) is 37.3 Å². The molecule has 0 aliphatic rings. The van der Waals surface area contributed by atoms with Gasteiger partial charge in [-0.3, -0.25) is 4.79 Å². The summed E-state index contributed by atoms with van der Waals surface area (Å²) in [7, 11) is 0. The maximum absolute atomic E-state index is 12.9. The van der Waals surface area contributed by atoms with Crippen LogP contribution in [0.1, 0.15) is 66.8 Å². The third-order valence-corrected chi connectivity index (χ3v) is 4.10. The fourth-order valence-corrected chi connectivity index (χ4v) is 2.59. The molecule has 2 aromatic carbocycles. The zero-order valence-corrected chi connectivity index (χ0v) is 17.4. The molecule has 1 amide bonds. The van der Waals surface area contributed by atoms with Crippen LogP contribution in [-0.4, -0.2) is 23.5 Å². The van der Waals surface area contributed by atoms with Crippen molar-refractivity contribution < 1.29 is 14.7 Å². The summed E-state index contributed by atoms with van der Waals surface area (Å²) in [5.41, 5.74) is 2.15. The Morgan fingerprint density at radius 3 is 2.41 bits per heavy atom. The van der Waals surface area contributed by atoms with Crippen LogP contribution < -0.4 is 10.6 Å². The van der Waals surface area contributed by atoms with E-state index >= 15 is 0 Å². The zero-order valence-electron chi connectivity index (χ0n) is 17.4. The van der Waals surface area contributed by atoms with E-state index in [-0.39, 0.29) is 22.6 Å². The van der Waals surface area contributed by atoms with Gasteiger partial charge in [0, 0.05) is 23.2 Å². The number of carboxylic acid groups (broad SMARTS) is 1. The Morgan fingerprint density at radius 1 is 1.03 bits per heavy atom. The smallest absolute Gasteiger partial charge is 0.337 e. The molecule has 2 aromatic rings. The highest BCUT2D eigenvalue weighted by Crippen LogP contribution is 2.22. The molecule has 0 fully saturated rings. The van der Waals surface area contributed by atoms with E-state index in [0.717, 1.165) is 24.9 Å². The van der Waals surface area contributed by atoms with Gasteiger partial charge in [0.15, 0.2) is 0 Å². The van der Waals surface area contributed by atoms with Crippen molar-refractivity contribution in [3.63, 3.8) is 0 Å². The second-order valence-corrected chi connectivity index (χ2v) is 7.85. The van der Waals surface area contributed by atoms with E-state index in [2.05, 4.69) is 29.4 Å². The summed E-state index contributed by atoms with van der Waals surface area (Å²) in [6.07, 6.45) is 2.00. The first kappa shape index (κ1) is 22.0. The number of benzene rings is 2. The van der Waals surface area contributed by atoms with Crippen LogP contribution in [0.5, 0.6) is 0 Å². The fraction of sp³-hybridized carbons (Fsp3) is 0.333. The lowest BCUT2D eigenvalue weighted by Crippen LogP contribution is -2.17. The number of anilines is 2. The molecule has 152 valence electrons. The Hall–Kier alpha value is -3.26. The van der Waals surface area contributed by atoms with Crippen LogP contribution in [0.3, 0.4) is 0 Å². The maximum atomic E-state index is 12.9. The molecule has 0 saturated carbocycles. The first-order valence-corrected chi connectivity index (χ1v) is 9.76. The number of hydrogen-bond acceptors (Lipinski definition) is 3. The number of hydrogen-bond donors (Lipinski definition) is 3. The minimum atomic E-state index is -1.09. The van der Waals surface area contributed by atoms with Crippen molar-refractivity contribution in [1.82, 2.24) is 0 Å². The van der Waals surface area contributed by atoms with Gasteiger partial charge < -0.3 is 15.7 Å². The third kappa shape index (κ3) is 6.69. The molecule has 0 radical (unpaired) electrons. The molecule has 0 bridgehead atoms. The molecule has 2 rings (SSSR count). The Bertz CT molecular complexity index is 947. The maximum Gasteiger partial charge on any atom is 0.337 e. The van der Waals surface area contributed by atoms with Gasteiger partial charge in [0.1, 0.15) is 0 Å². The molecular formula is C24H28N2O3. The molecule has 0 heterocycles. The quantitative estimate of drug-likeness (QED) is 0.444. The Balaban J connectivity index is 2.35. The van der Waals surface area contributed by atoms with Crippen LogP contribution in [0.15, 0.2) is 42.5 Å². The van der Waals surface area contributed by atoms with Crippen LogP contribution in [0.25, 0.3) is 0 Å². The van der Waals surface area contributed by atoms with Crippen molar-refractivity contribution in [3.05, 3.63) is 59.2 Å². The van der Waals surface area contributed by atoms with Crippen molar-refractivity contribution in [1.29, 1.82) is 0 Å². The lowest BCUT2D eigenvalue weighted by Gasteiger charge is -2.14. The van der Waals surface area contributed by atoms with E-state index in [1.165, 1.54) is 6.07 Å². The average molecular weight is 392 g/mol. The average Bonchev–Trinajstić information content (AvgIpc) is 2.66. The number of amides is 1. The molecular weight excluding hydrogens is 364 g/mol. The molecule has 0 atom stereocenters. The van der Waals surface area contributed by atoms with Crippen LogP contribution in [-0.2, 0) is 0 Å². The molecule has 3 N–H and O–H groups in total. The second-order valence-electron chi connectivity index (χ2n) is 7.85. The largest absolute Gasteiger partial charge is 0.478 e. The predicted octanol–water partition coefficient (Wildman–Crippen LogP) is 5.25. The van der Waals surface area contributed by atoms with E-state index in [1.54, 1.807) is 24.3 Å². The number of para-hydroxylation sites is 1. The van der Waals surface area contributed by atoms with E-state index in [9.17, 15) is 14.7 Å². The SMILES string of the molecule is CCCCNc1cc(C#CC(C)(C)C)ccc1C(=O)Nc1ccccc1C(=O)O. The number of carboxylic acids is 1. The summed E-state index contributed by atoms with van der Waals surface area (Å²) >= 11 is 0. The minimum Gasteiger partial charge on any atom is -0.478 e. The van der Waals surface area contributed by atoms with Crippen molar-refractivity contribution >= 4 is 23.3 Å². The molecule has 0 saturated heterocycles. The highest BCUT2D eigenvalue weighted by Gasteiger charge is 2.16. The van der Waals surface area contributed by atoms with Gasteiger partial charge in [0.05, 0.1) is 16.8 Å². The number of carbonyl (C=O) groups excluding carboxylic acids is 1. The lowest BCUT2D eigenvalue weighted by atomic mass is 9.97. The zero-order chi connectivity index (χ0) is 21.4. The second kappa shape index (κ2) is 9.79. The number of rotatable bonds is 7. The summed E-state index contributed by atoms with van der Waals surface area (Å²) in [5.74, 6) is 4.90. The van der Waals surface area contributed by atoms with Crippen molar-refractivity contribution in [3.8, 4) is 11.8 Å². The van der Waals surface area contributed by atoms with Crippen LogP contribution >= 0.6 is 0 Å². The summed E-state index contributed by atoms with van der Waals surface area (Å²) in [6, 6.07) is 11.7. The third-order valence-electron chi connectivity index (χ3n) is 4.10. The van der Waals surface area contributed by atoms with Crippen LogP contribution in [0.4, 0.5) is 11.4 Å². The molecule has 5 heteroatoms. The summed E-state index contributed by atoms with van der Waals surface area (Å²) < 4.78 is 0. The topological polar surface area (TPSA) is 78.4 Å².